The third-order valence-corrected chi connectivity index (χ3v) is 5.85. The molecule has 8 nitrogen and oxygen atoms in total. The maximum absolute atomic E-state index is 12.8. The molecule has 154 valence electrons. The van der Waals surface area contributed by atoms with Gasteiger partial charge in [-0.25, -0.2) is 13.2 Å². The lowest BCUT2D eigenvalue weighted by Gasteiger charge is -2.20. The van der Waals surface area contributed by atoms with Gasteiger partial charge in [-0.05, 0) is 30.3 Å². The Bertz CT molecular complexity index is 1060. The van der Waals surface area contributed by atoms with Crippen LogP contribution < -0.4 is 14.4 Å². The number of hydrogen-bond donors (Lipinski definition) is 1. The number of nitrogens with one attached hydrogen (secondary N) is 1. The van der Waals surface area contributed by atoms with Gasteiger partial charge in [0.1, 0.15) is 5.75 Å². The highest BCUT2D eigenvalue weighted by atomic mass is 35.5. The first kappa shape index (κ1) is 20.9. The van der Waals surface area contributed by atoms with E-state index in [9.17, 15) is 18.0 Å². The number of halogens is 1. The van der Waals surface area contributed by atoms with Crippen molar-refractivity contribution in [1.82, 2.24) is 0 Å². The van der Waals surface area contributed by atoms with Crippen LogP contribution in [-0.2, 0) is 19.6 Å². The second kappa shape index (κ2) is 8.30. The normalized spacial score (nSPS) is 16.2. The Labute approximate surface area is 173 Å². The Morgan fingerprint density at radius 3 is 2.66 bits per heavy atom. The molecule has 1 unspecified atom stereocenters. The Morgan fingerprint density at radius 1 is 1.24 bits per heavy atom. The second-order valence-corrected chi connectivity index (χ2v) is 8.69. The molecule has 0 spiro atoms. The molecular weight excluding hydrogens is 420 g/mol. The number of hydrogen-bond acceptors (Lipinski definition) is 6. The molecule has 29 heavy (non-hydrogen) atoms. The van der Waals surface area contributed by atoms with Gasteiger partial charge >= 0.3 is 5.97 Å². The summed E-state index contributed by atoms with van der Waals surface area (Å²) in [6, 6.07) is 11.0. The monoisotopic (exact) mass is 438 g/mol. The minimum Gasteiger partial charge on any atom is -0.478 e. The van der Waals surface area contributed by atoms with Crippen molar-refractivity contribution in [2.75, 3.05) is 29.5 Å². The van der Waals surface area contributed by atoms with Crippen LogP contribution in [0.4, 0.5) is 11.4 Å². The molecule has 1 aliphatic rings. The molecule has 2 aromatic carbocycles. The molecule has 1 amide bonds. The van der Waals surface area contributed by atoms with Gasteiger partial charge < -0.3 is 14.8 Å². The predicted molar refractivity (Wildman–Crippen MR) is 109 cm³/mol. The number of nitrogens with zero attached hydrogens (tertiary/aromatic N) is 1. The first-order valence-corrected chi connectivity index (χ1v) is 10.9. The van der Waals surface area contributed by atoms with Crippen LogP contribution in [0, 0.1) is 0 Å². The molecule has 0 aliphatic carbocycles. The van der Waals surface area contributed by atoms with E-state index in [-0.39, 0.29) is 35.0 Å². The molecule has 3 rings (SSSR count). The van der Waals surface area contributed by atoms with Crippen LogP contribution in [0.25, 0.3) is 0 Å². The van der Waals surface area contributed by atoms with Gasteiger partial charge in [0.15, 0.2) is 6.10 Å². The SMILES string of the molecule is COC(=O)c1ccc(Cl)c(NC(=O)C2CCN(S(C)(=O)=O)c3ccccc3O2)c1. The van der Waals surface area contributed by atoms with E-state index in [0.29, 0.717) is 5.69 Å². The van der Waals surface area contributed by atoms with E-state index in [2.05, 4.69) is 10.1 Å². The van der Waals surface area contributed by atoms with E-state index in [1.54, 1.807) is 24.3 Å². The van der Waals surface area contributed by atoms with Gasteiger partial charge in [-0.15, -0.1) is 0 Å². The zero-order valence-electron chi connectivity index (χ0n) is 15.7. The van der Waals surface area contributed by atoms with E-state index >= 15 is 0 Å². The number of fused-ring (bicyclic) bond motifs is 1. The lowest BCUT2D eigenvalue weighted by molar-refractivity contribution is -0.122. The van der Waals surface area contributed by atoms with Crippen LogP contribution in [0.15, 0.2) is 42.5 Å². The number of carbonyl (C=O) groups excluding carboxylic acids is 2. The Morgan fingerprint density at radius 2 is 1.97 bits per heavy atom. The van der Waals surface area contributed by atoms with Crippen LogP contribution in [0.3, 0.4) is 0 Å². The fourth-order valence-corrected chi connectivity index (χ4v) is 4.05. The average molecular weight is 439 g/mol. The van der Waals surface area contributed by atoms with Gasteiger partial charge in [-0.1, -0.05) is 23.7 Å². The summed E-state index contributed by atoms with van der Waals surface area (Å²) in [5, 5.41) is 2.87. The third-order valence-electron chi connectivity index (χ3n) is 4.34. The number of esters is 1. The summed E-state index contributed by atoms with van der Waals surface area (Å²) in [5.41, 5.74) is 0.819. The highest BCUT2D eigenvalue weighted by molar-refractivity contribution is 7.92. The second-order valence-electron chi connectivity index (χ2n) is 6.37. The van der Waals surface area contributed by atoms with E-state index in [1.165, 1.54) is 29.6 Å². The van der Waals surface area contributed by atoms with Gasteiger partial charge in [-0.3, -0.25) is 9.10 Å². The lowest BCUT2D eigenvalue weighted by atomic mass is 10.2. The number of anilines is 2. The topological polar surface area (TPSA) is 102 Å². The number of rotatable bonds is 4. The minimum atomic E-state index is -3.55. The van der Waals surface area contributed by atoms with Crippen LogP contribution in [0.1, 0.15) is 16.8 Å². The molecule has 1 heterocycles. The first-order chi connectivity index (χ1) is 13.7. The lowest BCUT2D eigenvalue weighted by Crippen LogP contribution is -2.36. The third kappa shape index (κ3) is 4.63. The number of para-hydroxylation sites is 2. The summed E-state index contributed by atoms with van der Waals surface area (Å²) >= 11 is 6.13. The number of ether oxygens (including phenoxy) is 2. The first-order valence-electron chi connectivity index (χ1n) is 8.63. The number of amides is 1. The van der Waals surface area contributed by atoms with Gasteiger partial charge in [0, 0.05) is 13.0 Å². The van der Waals surface area contributed by atoms with Crippen LogP contribution in [0.2, 0.25) is 5.02 Å². The smallest absolute Gasteiger partial charge is 0.337 e. The zero-order chi connectivity index (χ0) is 21.2. The maximum Gasteiger partial charge on any atom is 0.337 e. The summed E-state index contributed by atoms with van der Waals surface area (Å²) in [4.78, 5) is 24.5. The van der Waals surface area contributed by atoms with Crippen molar-refractivity contribution in [2.45, 2.75) is 12.5 Å². The van der Waals surface area contributed by atoms with E-state index in [4.69, 9.17) is 16.3 Å². The summed E-state index contributed by atoms with van der Waals surface area (Å²) in [6.45, 7) is 0.0733. The van der Waals surface area contributed by atoms with Gasteiger partial charge in [0.2, 0.25) is 10.0 Å². The van der Waals surface area contributed by atoms with Gasteiger partial charge in [-0.2, -0.15) is 0 Å². The minimum absolute atomic E-state index is 0.0733. The summed E-state index contributed by atoms with van der Waals surface area (Å²) in [5.74, 6) is -0.801. The largest absolute Gasteiger partial charge is 0.478 e. The predicted octanol–water partition coefficient (Wildman–Crippen LogP) is 2.68. The quantitative estimate of drug-likeness (QED) is 0.736. The van der Waals surface area contributed by atoms with Crippen molar-refractivity contribution in [3.63, 3.8) is 0 Å². The molecular formula is C19H19ClN2O6S. The molecule has 0 bridgehead atoms. The molecule has 0 fully saturated rings. The number of sulfonamides is 1. The van der Waals surface area contributed by atoms with Crippen LogP contribution >= 0.6 is 11.6 Å². The molecule has 10 heteroatoms. The summed E-state index contributed by atoms with van der Waals surface area (Å²) in [6.07, 6.45) is 0.269. The van der Waals surface area contributed by atoms with Crippen molar-refractivity contribution >= 4 is 44.9 Å². The van der Waals surface area contributed by atoms with Crippen molar-refractivity contribution < 1.29 is 27.5 Å². The van der Waals surface area contributed by atoms with Crippen LogP contribution in [-0.4, -0.2) is 46.3 Å². The standard InChI is InChI=1S/C19H19ClN2O6S/c1-27-19(24)12-7-8-13(20)14(11-12)21-18(23)17-9-10-22(29(2,25)26)15-5-3-4-6-16(15)28-17/h3-8,11,17H,9-10H2,1-2H3,(H,21,23). The van der Waals surface area contributed by atoms with Crippen molar-refractivity contribution in [2.24, 2.45) is 0 Å². The fourth-order valence-electron chi connectivity index (χ4n) is 2.94. The summed E-state index contributed by atoms with van der Waals surface area (Å²) in [7, 11) is -2.30. The maximum atomic E-state index is 12.8. The van der Waals surface area contributed by atoms with Crippen molar-refractivity contribution in [3.05, 3.63) is 53.1 Å². The fraction of sp³-hybridized carbons (Fsp3) is 0.263. The van der Waals surface area contributed by atoms with Gasteiger partial charge in [0.25, 0.3) is 5.91 Å². The van der Waals surface area contributed by atoms with E-state index in [0.717, 1.165) is 6.26 Å². The average Bonchev–Trinajstić information content (AvgIpc) is 2.88. The highest BCUT2D eigenvalue weighted by Gasteiger charge is 2.31. The van der Waals surface area contributed by atoms with Gasteiger partial charge in [0.05, 0.1) is 35.3 Å². The number of benzene rings is 2. The molecule has 0 saturated heterocycles. The molecule has 1 aliphatic heterocycles. The molecule has 1 N–H and O–H groups in total. The molecule has 0 radical (unpaired) electrons. The van der Waals surface area contributed by atoms with Crippen molar-refractivity contribution in [1.29, 1.82) is 0 Å². The zero-order valence-corrected chi connectivity index (χ0v) is 17.3. The molecule has 0 aromatic heterocycles. The molecule has 2 aromatic rings. The van der Waals surface area contributed by atoms with E-state index in [1.807, 2.05) is 0 Å². The highest BCUT2D eigenvalue weighted by Crippen LogP contribution is 2.34. The Hall–Kier alpha value is -2.78. The Balaban J connectivity index is 1.85. The molecule has 1 atom stereocenters. The van der Waals surface area contributed by atoms with Crippen LogP contribution in [0.5, 0.6) is 5.75 Å². The molecule has 0 saturated carbocycles. The Kier molecular flexibility index (Phi) is 5.99. The van der Waals surface area contributed by atoms with E-state index < -0.39 is 28.0 Å². The number of methoxy groups -OCH3 is 1. The number of carbonyl (C=O) groups is 2. The van der Waals surface area contributed by atoms with Crippen molar-refractivity contribution in [3.8, 4) is 5.75 Å². The summed E-state index contributed by atoms with van der Waals surface area (Å²) < 4.78 is 36.0.